The highest BCUT2D eigenvalue weighted by atomic mass is 32.2. The van der Waals surface area contributed by atoms with Gasteiger partial charge in [0.25, 0.3) is 0 Å². The fourth-order valence-electron chi connectivity index (χ4n) is 1.54. The van der Waals surface area contributed by atoms with Crippen LogP contribution in [0.15, 0.2) is 53.4 Å². The maximum atomic E-state index is 13.0. The van der Waals surface area contributed by atoms with E-state index in [0.29, 0.717) is 11.3 Å². The van der Waals surface area contributed by atoms with Gasteiger partial charge in [0.2, 0.25) is 0 Å². The lowest BCUT2D eigenvalue weighted by molar-refractivity contribution is 0.203. The van der Waals surface area contributed by atoms with Gasteiger partial charge in [0.05, 0.1) is 6.10 Å². The second-order valence-electron chi connectivity index (χ2n) is 3.84. The van der Waals surface area contributed by atoms with Crippen molar-refractivity contribution in [3.8, 4) is 0 Å². The van der Waals surface area contributed by atoms with Crippen LogP contribution in [0.3, 0.4) is 0 Å². The van der Waals surface area contributed by atoms with Crippen LogP contribution in [0, 0.1) is 11.6 Å². The molecule has 2 aromatic carbocycles. The molecule has 1 nitrogen and oxygen atoms in total. The van der Waals surface area contributed by atoms with Gasteiger partial charge in [0.1, 0.15) is 11.6 Å². The predicted molar refractivity (Wildman–Crippen MR) is 68.5 cm³/mol. The Morgan fingerprint density at radius 1 is 1.00 bits per heavy atom. The zero-order valence-electron chi connectivity index (χ0n) is 9.51. The van der Waals surface area contributed by atoms with Gasteiger partial charge >= 0.3 is 0 Å². The molecule has 2 aromatic rings. The second kappa shape index (κ2) is 5.98. The van der Waals surface area contributed by atoms with E-state index in [1.54, 1.807) is 24.3 Å². The predicted octanol–water partition coefficient (Wildman–Crippen LogP) is 3.79. The van der Waals surface area contributed by atoms with E-state index in [1.165, 1.54) is 36.0 Å². The van der Waals surface area contributed by atoms with Crippen molar-refractivity contribution in [3.05, 3.63) is 65.7 Å². The van der Waals surface area contributed by atoms with Crippen LogP contribution in [0.4, 0.5) is 8.78 Å². The first-order chi connectivity index (χ1) is 8.65. The summed E-state index contributed by atoms with van der Waals surface area (Å²) in [6, 6.07) is 12.0. The minimum absolute atomic E-state index is 0.305. The first-order valence-electron chi connectivity index (χ1n) is 5.47. The smallest absolute Gasteiger partial charge is 0.124 e. The van der Waals surface area contributed by atoms with Crippen LogP contribution in [-0.2, 0) is 0 Å². The molecule has 0 spiro atoms. The number of benzene rings is 2. The average molecular weight is 266 g/mol. The molecule has 0 saturated carbocycles. The third kappa shape index (κ3) is 3.55. The Balaban J connectivity index is 1.98. The highest BCUT2D eigenvalue weighted by Crippen LogP contribution is 2.25. The SMILES string of the molecule is OC(CSc1cccc(F)c1)c1cccc(F)c1. The van der Waals surface area contributed by atoms with Gasteiger partial charge in [-0.2, -0.15) is 0 Å². The molecule has 0 aliphatic heterocycles. The quantitative estimate of drug-likeness (QED) is 0.850. The van der Waals surface area contributed by atoms with E-state index in [4.69, 9.17) is 0 Å². The number of halogens is 2. The Bertz CT molecular complexity index is 531. The van der Waals surface area contributed by atoms with Crippen LogP contribution in [0.2, 0.25) is 0 Å². The zero-order chi connectivity index (χ0) is 13.0. The van der Waals surface area contributed by atoms with Gasteiger partial charge in [-0.15, -0.1) is 11.8 Å². The zero-order valence-corrected chi connectivity index (χ0v) is 10.3. The molecule has 0 bridgehead atoms. The average Bonchev–Trinajstić information content (AvgIpc) is 2.36. The summed E-state index contributed by atoms with van der Waals surface area (Å²) >= 11 is 1.33. The molecule has 0 aliphatic rings. The first kappa shape index (κ1) is 13.1. The molecule has 18 heavy (non-hydrogen) atoms. The second-order valence-corrected chi connectivity index (χ2v) is 4.93. The van der Waals surface area contributed by atoms with Crippen LogP contribution < -0.4 is 0 Å². The Kier molecular flexibility index (Phi) is 4.33. The summed E-state index contributed by atoms with van der Waals surface area (Å²) in [5, 5.41) is 9.89. The summed E-state index contributed by atoms with van der Waals surface area (Å²) in [7, 11) is 0. The van der Waals surface area contributed by atoms with Crippen molar-refractivity contribution in [2.45, 2.75) is 11.0 Å². The lowest BCUT2D eigenvalue weighted by atomic mass is 10.1. The topological polar surface area (TPSA) is 20.2 Å². The Morgan fingerprint density at radius 2 is 1.67 bits per heavy atom. The summed E-state index contributed by atoms with van der Waals surface area (Å²) < 4.78 is 25.9. The normalized spacial score (nSPS) is 12.4. The highest BCUT2D eigenvalue weighted by Gasteiger charge is 2.09. The summed E-state index contributed by atoms with van der Waals surface area (Å²) in [6.07, 6.45) is -0.769. The lowest BCUT2D eigenvalue weighted by Gasteiger charge is -2.10. The molecule has 0 aliphatic carbocycles. The van der Waals surface area contributed by atoms with Gasteiger partial charge < -0.3 is 5.11 Å². The van der Waals surface area contributed by atoms with Gasteiger partial charge in [-0.05, 0) is 35.9 Å². The van der Waals surface area contributed by atoms with Crippen molar-refractivity contribution in [1.82, 2.24) is 0 Å². The molecule has 0 heterocycles. The van der Waals surface area contributed by atoms with Crippen LogP contribution in [0.1, 0.15) is 11.7 Å². The third-order valence-electron chi connectivity index (χ3n) is 2.44. The fraction of sp³-hybridized carbons (Fsp3) is 0.143. The molecular formula is C14H12F2OS. The third-order valence-corrected chi connectivity index (χ3v) is 3.51. The van der Waals surface area contributed by atoms with Crippen molar-refractivity contribution >= 4 is 11.8 Å². The first-order valence-corrected chi connectivity index (χ1v) is 6.45. The van der Waals surface area contributed by atoms with Gasteiger partial charge in [0, 0.05) is 10.6 Å². The van der Waals surface area contributed by atoms with Crippen LogP contribution in [0.25, 0.3) is 0 Å². The molecule has 1 N–H and O–H groups in total. The highest BCUT2D eigenvalue weighted by molar-refractivity contribution is 7.99. The van der Waals surface area contributed by atoms with E-state index >= 15 is 0 Å². The van der Waals surface area contributed by atoms with Gasteiger partial charge in [-0.3, -0.25) is 0 Å². The van der Waals surface area contributed by atoms with Crippen molar-refractivity contribution in [2.24, 2.45) is 0 Å². The molecule has 1 unspecified atom stereocenters. The van der Waals surface area contributed by atoms with Crippen molar-refractivity contribution in [1.29, 1.82) is 0 Å². The van der Waals surface area contributed by atoms with E-state index in [2.05, 4.69) is 0 Å². The molecule has 0 fully saturated rings. The van der Waals surface area contributed by atoms with Crippen molar-refractivity contribution in [3.63, 3.8) is 0 Å². The Hall–Kier alpha value is -1.39. The van der Waals surface area contributed by atoms with Crippen LogP contribution >= 0.6 is 11.8 Å². The Morgan fingerprint density at radius 3 is 2.33 bits per heavy atom. The molecule has 0 radical (unpaired) electrons. The van der Waals surface area contributed by atoms with E-state index < -0.39 is 6.10 Å². The molecule has 0 amide bonds. The van der Waals surface area contributed by atoms with Crippen LogP contribution in [-0.4, -0.2) is 10.9 Å². The standard InChI is InChI=1S/C14H12F2OS/c15-11-4-1-3-10(7-11)14(17)9-18-13-6-2-5-12(16)8-13/h1-8,14,17H,9H2. The summed E-state index contributed by atoms with van der Waals surface area (Å²) in [5.74, 6) is -0.324. The summed E-state index contributed by atoms with van der Waals surface area (Å²) in [4.78, 5) is 0.741. The molecular weight excluding hydrogens is 254 g/mol. The fourth-order valence-corrected chi connectivity index (χ4v) is 2.46. The van der Waals surface area contributed by atoms with Gasteiger partial charge in [-0.1, -0.05) is 18.2 Å². The maximum absolute atomic E-state index is 13.0. The van der Waals surface area contributed by atoms with E-state index in [0.717, 1.165) is 4.90 Å². The van der Waals surface area contributed by atoms with E-state index in [9.17, 15) is 13.9 Å². The molecule has 0 saturated heterocycles. The molecule has 0 aromatic heterocycles. The molecule has 94 valence electrons. The minimum Gasteiger partial charge on any atom is -0.388 e. The number of rotatable bonds is 4. The molecule has 1 atom stereocenters. The number of aliphatic hydroxyl groups is 1. The molecule has 2 rings (SSSR count). The number of hydrogen-bond donors (Lipinski definition) is 1. The number of hydrogen-bond acceptors (Lipinski definition) is 2. The van der Waals surface area contributed by atoms with Crippen LogP contribution in [0.5, 0.6) is 0 Å². The summed E-state index contributed by atoms with van der Waals surface area (Å²) in [6.45, 7) is 0. The van der Waals surface area contributed by atoms with E-state index in [-0.39, 0.29) is 11.6 Å². The van der Waals surface area contributed by atoms with E-state index in [1.807, 2.05) is 0 Å². The molecule has 4 heteroatoms. The monoisotopic (exact) mass is 266 g/mol. The summed E-state index contributed by atoms with van der Waals surface area (Å²) in [5.41, 5.74) is 0.527. The maximum Gasteiger partial charge on any atom is 0.124 e. The van der Waals surface area contributed by atoms with Gasteiger partial charge in [0.15, 0.2) is 0 Å². The minimum atomic E-state index is -0.769. The lowest BCUT2D eigenvalue weighted by Crippen LogP contribution is -2.00. The van der Waals surface area contributed by atoms with Crippen molar-refractivity contribution in [2.75, 3.05) is 5.75 Å². The number of thioether (sulfide) groups is 1. The largest absolute Gasteiger partial charge is 0.388 e. The van der Waals surface area contributed by atoms with Gasteiger partial charge in [-0.25, -0.2) is 8.78 Å². The van der Waals surface area contributed by atoms with Crippen molar-refractivity contribution < 1.29 is 13.9 Å². The Labute approximate surface area is 108 Å². The number of aliphatic hydroxyl groups excluding tert-OH is 1.